The molecule has 0 aromatic carbocycles. The van der Waals surface area contributed by atoms with Gasteiger partial charge in [0.25, 0.3) is 5.91 Å². The predicted octanol–water partition coefficient (Wildman–Crippen LogP) is 1.37. The molecule has 0 aliphatic carbocycles. The Bertz CT molecular complexity index is 685. The van der Waals surface area contributed by atoms with Gasteiger partial charge in [0.15, 0.2) is 0 Å². The number of ether oxygens (including phenoxy) is 1. The molecule has 2 rings (SSSR count). The van der Waals surface area contributed by atoms with E-state index in [1.165, 1.54) is 5.38 Å². The number of hydrogen-bond acceptors (Lipinski definition) is 8. The fourth-order valence-electron chi connectivity index (χ4n) is 1.34. The number of nitrogens with one attached hydrogen (secondary N) is 1. The van der Waals surface area contributed by atoms with E-state index in [1.54, 1.807) is 20.8 Å². The maximum Gasteiger partial charge on any atom is 0.367 e. The first-order valence-corrected chi connectivity index (χ1v) is 7.01. The molecule has 0 spiro atoms. The van der Waals surface area contributed by atoms with Crippen LogP contribution in [0.3, 0.4) is 0 Å². The molecule has 21 heavy (non-hydrogen) atoms. The maximum absolute atomic E-state index is 12.0. The van der Waals surface area contributed by atoms with Gasteiger partial charge in [-0.05, 0) is 20.8 Å². The Morgan fingerprint density at radius 2 is 2.00 bits per heavy atom. The third-order valence-electron chi connectivity index (χ3n) is 2.50. The van der Waals surface area contributed by atoms with Gasteiger partial charge >= 0.3 is 5.97 Å². The molecule has 2 aromatic heterocycles. The number of thiazole rings is 1. The van der Waals surface area contributed by atoms with Gasteiger partial charge in [-0.25, -0.2) is 14.8 Å². The lowest BCUT2D eigenvalue weighted by Gasteiger charge is -2.02. The molecule has 110 valence electrons. The highest BCUT2D eigenvalue weighted by Gasteiger charge is 2.17. The van der Waals surface area contributed by atoms with Crippen LogP contribution in [0.15, 0.2) is 5.38 Å². The van der Waals surface area contributed by atoms with Crippen molar-refractivity contribution < 1.29 is 14.3 Å². The zero-order chi connectivity index (χ0) is 15.4. The van der Waals surface area contributed by atoms with Crippen molar-refractivity contribution in [2.45, 2.75) is 20.8 Å². The number of hydrogen-bond donors (Lipinski definition) is 1. The lowest BCUT2D eigenvalue weighted by Crippen LogP contribution is -2.16. The summed E-state index contributed by atoms with van der Waals surface area (Å²) in [5.74, 6) is -0.966. The Labute approximate surface area is 124 Å². The van der Waals surface area contributed by atoms with E-state index >= 15 is 0 Å². The number of aromatic nitrogens is 4. The van der Waals surface area contributed by atoms with Crippen molar-refractivity contribution in [1.82, 2.24) is 20.2 Å². The fourth-order valence-corrected chi connectivity index (χ4v) is 2.03. The average molecular weight is 307 g/mol. The molecule has 0 aliphatic heterocycles. The molecule has 8 nitrogen and oxygen atoms in total. The first-order valence-electron chi connectivity index (χ1n) is 6.13. The standard InChI is InChI=1S/C12H13N5O3S/c1-4-20-11(19)10-14-8(5-21-10)9(18)15-12-13-6(2)7(3)16-17-12/h5H,4H2,1-3H3,(H,13,15,17,18). The van der Waals surface area contributed by atoms with Gasteiger partial charge in [-0.3, -0.25) is 10.1 Å². The number of rotatable bonds is 4. The highest BCUT2D eigenvalue weighted by atomic mass is 32.1. The van der Waals surface area contributed by atoms with Crippen LogP contribution >= 0.6 is 11.3 Å². The highest BCUT2D eigenvalue weighted by Crippen LogP contribution is 2.12. The van der Waals surface area contributed by atoms with Crippen LogP contribution in [0.1, 0.15) is 38.6 Å². The van der Waals surface area contributed by atoms with Gasteiger partial charge in [0.2, 0.25) is 11.0 Å². The van der Waals surface area contributed by atoms with E-state index in [4.69, 9.17) is 4.74 Å². The SMILES string of the molecule is CCOC(=O)c1nc(C(=O)Nc2nnc(C)c(C)n2)cs1. The number of anilines is 1. The molecule has 0 atom stereocenters. The average Bonchev–Trinajstić information content (AvgIpc) is 2.93. The summed E-state index contributed by atoms with van der Waals surface area (Å²) in [5.41, 5.74) is 1.46. The van der Waals surface area contributed by atoms with E-state index < -0.39 is 11.9 Å². The largest absolute Gasteiger partial charge is 0.461 e. The van der Waals surface area contributed by atoms with Crippen molar-refractivity contribution in [2.24, 2.45) is 0 Å². The number of esters is 1. The monoisotopic (exact) mass is 307 g/mol. The van der Waals surface area contributed by atoms with E-state index in [2.05, 4.69) is 25.5 Å². The zero-order valence-electron chi connectivity index (χ0n) is 11.7. The van der Waals surface area contributed by atoms with Gasteiger partial charge in [0.1, 0.15) is 5.69 Å². The Kier molecular flexibility index (Phi) is 4.53. The van der Waals surface area contributed by atoms with Crippen molar-refractivity contribution in [2.75, 3.05) is 11.9 Å². The summed E-state index contributed by atoms with van der Waals surface area (Å²) in [7, 11) is 0. The molecule has 0 fully saturated rings. The second kappa shape index (κ2) is 6.35. The van der Waals surface area contributed by atoms with Gasteiger partial charge in [0, 0.05) is 5.38 Å². The number of nitrogens with zero attached hydrogens (tertiary/aromatic N) is 4. The molecule has 0 bridgehead atoms. The fraction of sp³-hybridized carbons (Fsp3) is 0.333. The van der Waals surface area contributed by atoms with E-state index in [1.807, 2.05) is 0 Å². The quantitative estimate of drug-likeness (QED) is 0.850. The van der Waals surface area contributed by atoms with E-state index in [-0.39, 0.29) is 23.3 Å². The molecule has 0 unspecified atom stereocenters. The molecule has 0 aliphatic rings. The van der Waals surface area contributed by atoms with Gasteiger partial charge in [-0.15, -0.1) is 16.4 Å². The summed E-state index contributed by atoms with van der Waals surface area (Å²) in [6.45, 7) is 5.49. The number of carbonyl (C=O) groups is 2. The molecule has 0 saturated carbocycles. The molecule has 1 amide bonds. The second-order valence-corrected chi connectivity index (χ2v) is 4.88. The summed E-state index contributed by atoms with van der Waals surface area (Å²) < 4.78 is 4.81. The van der Waals surface area contributed by atoms with E-state index in [0.29, 0.717) is 11.4 Å². The lowest BCUT2D eigenvalue weighted by atomic mass is 10.4. The van der Waals surface area contributed by atoms with E-state index in [9.17, 15) is 9.59 Å². The molecule has 0 saturated heterocycles. The Morgan fingerprint density at radius 1 is 1.24 bits per heavy atom. The first-order chi connectivity index (χ1) is 10.0. The summed E-state index contributed by atoms with van der Waals surface area (Å²) in [6, 6.07) is 0. The molecule has 0 radical (unpaired) electrons. The number of carbonyl (C=O) groups excluding carboxylic acids is 2. The van der Waals surface area contributed by atoms with Crippen LogP contribution in [0, 0.1) is 13.8 Å². The van der Waals surface area contributed by atoms with Crippen molar-refractivity contribution in [3.8, 4) is 0 Å². The molecular weight excluding hydrogens is 294 g/mol. The van der Waals surface area contributed by atoms with E-state index in [0.717, 1.165) is 11.3 Å². The van der Waals surface area contributed by atoms with Crippen LogP contribution in [-0.2, 0) is 4.74 Å². The minimum Gasteiger partial charge on any atom is -0.461 e. The first kappa shape index (κ1) is 15.0. The summed E-state index contributed by atoms with van der Waals surface area (Å²) in [6.07, 6.45) is 0. The minimum absolute atomic E-state index is 0.0915. The predicted molar refractivity (Wildman–Crippen MR) is 75.3 cm³/mol. The van der Waals surface area contributed by atoms with Gasteiger partial charge in [-0.2, -0.15) is 5.10 Å². The molecular formula is C12H13N5O3S. The van der Waals surface area contributed by atoms with Crippen molar-refractivity contribution in [1.29, 1.82) is 0 Å². The third-order valence-corrected chi connectivity index (χ3v) is 3.33. The van der Waals surface area contributed by atoms with Crippen LogP contribution in [0.4, 0.5) is 5.95 Å². The minimum atomic E-state index is -0.550. The topological polar surface area (TPSA) is 107 Å². The van der Waals surface area contributed by atoms with Crippen molar-refractivity contribution in [3.63, 3.8) is 0 Å². The molecule has 9 heteroatoms. The van der Waals surface area contributed by atoms with Gasteiger partial charge in [-0.1, -0.05) is 0 Å². The lowest BCUT2D eigenvalue weighted by molar-refractivity contribution is 0.0526. The van der Waals surface area contributed by atoms with Crippen LogP contribution in [-0.4, -0.2) is 38.6 Å². The van der Waals surface area contributed by atoms with Crippen molar-refractivity contribution >= 4 is 29.2 Å². The zero-order valence-corrected chi connectivity index (χ0v) is 12.5. The normalized spacial score (nSPS) is 10.2. The highest BCUT2D eigenvalue weighted by molar-refractivity contribution is 7.11. The van der Waals surface area contributed by atoms with Gasteiger partial charge < -0.3 is 4.74 Å². The number of aryl methyl sites for hydroxylation is 2. The van der Waals surface area contributed by atoms with Crippen LogP contribution in [0.5, 0.6) is 0 Å². The second-order valence-electron chi connectivity index (χ2n) is 4.02. The maximum atomic E-state index is 12.0. The molecule has 1 N–H and O–H groups in total. The molecule has 2 heterocycles. The van der Waals surface area contributed by atoms with Gasteiger partial charge in [0.05, 0.1) is 18.0 Å². The van der Waals surface area contributed by atoms with Crippen molar-refractivity contribution in [3.05, 3.63) is 27.5 Å². The number of amides is 1. The summed E-state index contributed by atoms with van der Waals surface area (Å²) in [4.78, 5) is 31.5. The Balaban J connectivity index is 2.10. The summed E-state index contributed by atoms with van der Waals surface area (Å²) in [5, 5.41) is 11.7. The van der Waals surface area contributed by atoms with Crippen LogP contribution in [0.25, 0.3) is 0 Å². The summed E-state index contributed by atoms with van der Waals surface area (Å²) >= 11 is 1.04. The third kappa shape index (κ3) is 3.57. The smallest absolute Gasteiger partial charge is 0.367 e. The molecule has 2 aromatic rings. The Morgan fingerprint density at radius 3 is 2.67 bits per heavy atom. The van der Waals surface area contributed by atoms with Crippen LogP contribution in [0.2, 0.25) is 0 Å². The Hall–Kier alpha value is -2.42. The van der Waals surface area contributed by atoms with Crippen LogP contribution < -0.4 is 5.32 Å².